The predicted molar refractivity (Wildman–Crippen MR) is 126 cm³/mol. The molecular weight excluding hydrogens is 476 g/mol. The topological polar surface area (TPSA) is 120 Å². The molecule has 0 fully saturated rings. The molecule has 2 heterocycles. The van der Waals surface area contributed by atoms with Crippen molar-refractivity contribution in [1.29, 1.82) is 0 Å². The van der Waals surface area contributed by atoms with E-state index in [1.54, 1.807) is 48.5 Å². The van der Waals surface area contributed by atoms with Gasteiger partial charge in [-0.3, -0.25) is 4.79 Å². The van der Waals surface area contributed by atoms with E-state index in [1.165, 1.54) is 6.07 Å². The van der Waals surface area contributed by atoms with E-state index < -0.39 is 28.1 Å². The highest BCUT2D eigenvalue weighted by molar-refractivity contribution is 7.89. The maximum Gasteiger partial charge on any atom is 0.243 e. The zero-order chi connectivity index (χ0) is 23.5. The molecule has 11 heteroatoms. The molecule has 9 nitrogen and oxygen atoms in total. The van der Waals surface area contributed by atoms with Crippen molar-refractivity contribution in [2.45, 2.75) is 17.0 Å². The van der Waals surface area contributed by atoms with Gasteiger partial charge in [0.25, 0.3) is 0 Å². The highest BCUT2D eigenvalue weighted by atomic mass is 32.2. The zero-order valence-electron chi connectivity index (χ0n) is 17.7. The molecule has 2 atom stereocenters. The summed E-state index contributed by atoms with van der Waals surface area (Å²) in [5, 5.41) is 2.79. The number of hydrogen-bond donors (Lipinski definition) is 2. The molecule has 4 aromatic rings. The van der Waals surface area contributed by atoms with Crippen LogP contribution in [0.3, 0.4) is 0 Å². The summed E-state index contributed by atoms with van der Waals surface area (Å²) in [4.78, 5) is 13.2. The molecule has 2 N–H and O–H groups in total. The van der Waals surface area contributed by atoms with Crippen LogP contribution in [-0.4, -0.2) is 42.3 Å². The highest BCUT2D eigenvalue weighted by Gasteiger charge is 2.30. The fourth-order valence-electron chi connectivity index (χ4n) is 3.62. The number of sulfonamides is 1. The van der Waals surface area contributed by atoms with Gasteiger partial charge in [-0.15, -0.1) is 0 Å². The SMILES string of the molecule is O=C(NC[C@@H]1COc2ccccc2O1)[C@@H](NS(=O)(=O)c1cccc2nsnc12)c1ccccc1. The number of aromatic nitrogens is 2. The quantitative estimate of drug-likeness (QED) is 0.404. The Morgan fingerprint density at radius 2 is 1.76 bits per heavy atom. The second-order valence-electron chi connectivity index (χ2n) is 7.60. The Labute approximate surface area is 200 Å². The molecule has 5 rings (SSSR count). The van der Waals surface area contributed by atoms with Crippen LogP contribution in [0.4, 0.5) is 0 Å². The van der Waals surface area contributed by atoms with E-state index >= 15 is 0 Å². The number of hydrogen-bond acceptors (Lipinski definition) is 8. The Morgan fingerprint density at radius 1 is 1.00 bits per heavy atom. The van der Waals surface area contributed by atoms with Crippen LogP contribution in [-0.2, 0) is 14.8 Å². The van der Waals surface area contributed by atoms with E-state index in [9.17, 15) is 13.2 Å². The molecule has 0 spiro atoms. The van der Waals surface area contributed by atoms with E-state index in [0.717, 1.165) is 11.7 Å². The molecule has 3 aromatic carbocycles. The third kappa shape index (κ3) is 4.58. The van der Waals surface area contributed by atoms with Crippen LogP contribution in [0.5, 0.6) is 11.5 Å². The first-order valence-corrected chi connectivity index (χ1v) is 12.7. The molecule has 0 saturated carbocycles. The summed E-state index contributed by atoms with van der Waals surface area (Å²) in [6.45, 7) is 0.404. The molecule has 1 aliphatic rings. The number of para-hydroxylation sites is 2. The molecule has 34 heavy (non-hydrogen) atoms. The van der Waals surface area contributed by atoms with E-state index in [1.807, 2.05) is 18.2 Å². The number of rotatable bonds is 7. The van der Waals surface area contributed by atoms with Gasteiger partial charge in [0, 0.05) is 0 Å². The van der Waals surface area contributed by atoms with Gasteiger partial charge in [-0.25, -0.2) is 8.42 Å². The predicted octanol–water partition coefficient (Wildman–Crippen LogP) is 2.67. The third-order valence-electron chi connectivity index (χ3n) is 5.28. The molecule has 1 amide bonds. The molecule has 1 aliphatic heterocycles. The fraction of sp³-hybridized carbons (Fsp3) is 0.174. The van der Waals surface area contributed by atoms with Gasteiger partial charge >= 0.3 is 0 Å². The van der Waals surface area contributed by atoms with Gasteiger partial charge in [-0.2, -0.15) is 13.5 Å². The van der Waals surface area contributed by atoms with Crippen molar-refractivity contribution in [3.8, 4) is 11.5 Å². The van der Waals surface area contributed by atoms with Crippen LogP contribution in [0.25, 0.3) is 11.0 Å². The van der Waals surface area contributed by atoms with Gasteiger partial charge in [0.15, 0.2) is 11.5 Å². The summed E-state index contributed by atoms with van der Waals surface area (Å²) in [6.07, 6.45) is -0.415. The summed E-state index contributed by atoms with van der Waals surface area (Å²) in [6, 6.07) is 19.5. The van der Waals surface area contributed by atoms with Gasteiger partial charge in [0.05, 0.1) is 18.3 Å². The van der Waals surface area contributed by atoms with Crippen molar-refractivity contribution in [3.63, 3.8) is 0 Å². The second-order valence-corrected chi connectivity index (χ2v) is 9.81. The van der Waals surface area contributed by atoms with E-state index in [2.05, 4.69) is 18.8 Å². The minimum Gasteiger partial charge on any atom is -0.486 e. The van der Waals surface area contributed by atoms with E-state index in [0.29, 0.717) is 22.6 Å². The largest absolute Gasteiger partial charge is 0.486 e. The lowest BCUT2D eigenvalue weighted by atomic mass is 10.1. The number of nitrogens with one attached hydrogen (secondary N) is 2. The minimum atomic E-state index is -4.09. The summed E-state index contributed by atoms with van der Waals surface area (Å²) < 4.78 is 48.9. The molecule has 0 aliphatic carbocycles. The molecule has 174 valence electrons. The summed E-state index contributed by atoms with van der Waals surface area (Å²) in [5.41, 5.74) is 1.24. The van der Waals surface area contributed by atoms with Crippen LogP contribution in [0.2, 0.25) is 0 Å². The Bertz CT molecular complexity index is 1430. The summed E-state index contributed by atoms with van der Waals surface area (Å²) in [7, 11) is -4.09. The number of fused-ring (bicyclic) bond motifs is 2. The standard InChI is InChI=1S/C23H20N4O5S2/c28-23(24-13-16-14-31-18-10-4-5-11-19(18)32-16)21(15-7-2-1-3-8-15)27-34(29,30)20-12-6-9-17-22(20)26-33-25-17/h1-12,16,21,27H,13-14H2,(H,24,28)/t16-,21+/m1/s1. The van der Waals surface area contributed by atoms with E-state index in [4.69, 9.17) is 9.47 Å². The molecular formula is C23H20N4O5S2. The Balaban J connectivity index is 1.35. The minimum absolute atomic E-state index is 0.0342. The number of nitrogens with zero attached hydrogens (tertiary/aromatic N) is 2. The molecule has 0 unspecified atom stereocenters. The van der Waals surface area contributed by atoms with Crippen molar-refractivity contribution in [2.75, 3.05) is 13.2 Å². The van der Waals surface area contributed by atoms with Crippen molar-refractivity contribution in [3.05, 3.63) is 78.4 Å². The Morgan fingerprint density at radius 3 is 2.59 bits per heavy atom. The van der Waals surface area contributed by atoms with Gasteiger partial charge in [-0.1, -0.05) is 48.5 Å². The summed E-state index contributed by atoms with van der Waals surface area (Å²) >= 11 is 0.927. The number of carbonyl (C=O) groups is 1. The number of amides is 1. The first-order chi connectivity index (χ1) is 16.5. The number of carbonyl (C=O) groups excluding carboxylic acids is 1. The first kappa shape index (κ1) is 22.3. The highest BCUT2D eigenvalue weighted by Crippen LogP contribution is 2.30. The van der Waals surface area contributed by atoms with E-state index in [-0.39, 0.29) is 23.6 Å². The van der Waals surface area contributed by atoms with Crippen molar-refractivity contribution in [1.82, 2.24) is 18.8 Å². The van der Waals surface area contributed by atoms with Crippen molar-refractivity contribution < 1.29 is 22.7 Å². The number of ether oxygens (including phenoxy) is 2. The molecule has 0 saturated heterocycles. The average Bonchev–Trinajstić information content (AvgIpc) is 3.35. The summed E-state index contributed by atoms with van der Waals surface area (Å²) in [5.74, 6) is 0.727. The van der Waals surface area contributed by atoms with Crippen LogP contribution < -0.4 is 19.5 Å². The van der Waals surface area contributed by atoms with Gasteiger partial charge in [0.2, 0.25) is 15.9 Å². The monoisotopic (exact) mass is 496 g/mol. The lowest BCUT2D eigenvalue weighted by Crippen LogP contribution is -2.45. The fourth-order valence-corrected chi connectivity index (χ4v) is 5.57. The normalized spacial score (nSPS) is 16.2. The van der Waals surface area contributed by atoms with Crippen LogP contribution in [0.15, 0.2) is 77.7 Å². The van der Waals surface area contributed by atoms with Crippen LogP contribution in [0.1, 0.15) is 11.6 Å². The lowest BCUT2D eigenvalue weighted by molar-refractivity contribution is -0.123. The van der Waals surface area contributed by atoms with Gasteiger partial charge in [0.1, 0.15) is 34.7 Å². The van der Waals surface area contributed by atoms with Crippen molar-refractivity contribution in [2.24, 2.45) is 0 Å². The zero-order valence-corrected chi connectivity index (χ0v) is 19.4. The number of benzene rings is 3. The third-order valence-corrected chi connectivity index (χ3v) is 7.28. The lowest BCUT2D eigenvalue weighted by Gasteiger charge is -2.27. The smallest absolute Gasteiger partial charge is 0.243 e. The van der Waals surface area contributed by atoms with Crippen LogP contribution in [0, 0.1) is 0 Å². The second kappa shape index (κ2) is 9.37. The van der Waals surface area contributed by atoms with Gasteiger partial charge < -0.3 is 14.8 Å². The van der Waals surface area contributed by atoms with Crippen molar-refractivity contribution >= 4 is 38.7 Å². The molecule has 1 aromatic heterocycles. The Kier molecular flexibility index (Phi) is 6.14. The first-order valence-electron chi connectivity index (χ1n) is 10.5. The maximum absolute atomic E-state index is 13.3. The maximum atomic E-state index is 13.3. The average molecular weight is 497 g/mol. The molecule has 0 bridgehead atoms. The van der Waals surface area contributed by atoms with Gasteiger partial charge in [-0.05, 0) is 29.8 Å². The molecule has 0 radical (unpaired) electrons. The Hall–Kier alpha value is -3.54. The van der Waals surface area contributed by atoms with Crippen LogP contribution >= 0.6 is 11.7 Å².